The minimum atomic E-state index is -0.492. The molecule has 0 aliphatic carbocycles. The Balaban J connectivity index is 1.72. The molecule has 1 aromatic carbocycles. The summed E-state index contributed by atoms with van der Waals surface area (Å²) in [5.74, 6) is 7.04. The van der Waals surface area contributed by atoms with Crippen LogP contribution in [0.1, 0.15) is 46.9 Å². The summed E-state index contributed by atoms with van der Waals surface area (Å²) in [5, 5.41) is 9.96. The second-order valence-corrected chi connectivity index (χ2v) is 8.08. The van der Waals surface area contributed by atoms with Crippen LogP contribution in [0.5, 0.6) is 5.75 Å². The molecule has 4 rings (SSSR count). The van der Waals surface area contributed by atoms with Crippen LogP contribution >= 0.6 is 0 Å². The fourth-order valence-corrected chi connectivity index (χ4v) is 3.98. The van der Waals surface area contributed by atoms with E-state index in [9.17, 15) is 9.90 Å². The number of aryl methyl sites for hydroxylation is 1. The van der Waals surface area contributed by atoms with E-state index in [4.69, 9.17) is 10.5 Å². The van der Waals surface area contributed by atoms with Gasteiger partial charge >= 0.3 is 0 Å². The molecule has 174 valence electrons. The molecular formula is C26H27N5O3. The van der Waals surface area contributed by atoms with Gasteiger partial charge in [0.15, 0.2) is 0 Å². The van der Waals surface area contributed by atoms with Gasteiger partial charge in [0.1, 0.15) is 17.9 Å². The molecule has 8 heteroatoms. The van der Waals surface area contributed by atoms with Crippen LogP contribution in [0.2, 0.25) is 0 Å². The Kier molecular flexibility index (Phi) is 7.04. The zero-order chi connectivity index (χ0) is 24.1. The second kappa shape index (κ2) is 10.3. The van der Waals surface area contributed by atoms with Crippen LogP contribution in [-0.4, -0.2) is 57.2 Å². The SMILES string of the molecule is CCc1ncnc(-c2ccc(C(=O)N3CCCC(O)C3)c(OC)c2)c1C#Cc1ccc(N)nc1. The number of aliphatic hydroxyl groups is 1. The number of nitrogen functional groups attached to an aromatic ring is 1. The van der Waals surface area contributed by atoms with Gasteiger partial charge in [0.25, 0.3) is 5.91 Å². The van der Waals surface area contributed by atoms with E-state index in [2.05, 4.69) is 26.8 Å². The number of hydrogen-bond acceptors (Lipinski definition) is 7. The Morgan fingerprint density at radius 2 is 2.09 bits per heavy atom. The molecule has 1 atom stereocenters. The van der Waals surface area contributed by atoms with E-state index in [1.54, 1.807) is 29.3 Å². The van der Waals surface area contributed by atoms with E-state index in [0.29, 0.717) is 54.3 Å². The van der Waals surface area contributed by atoms with E-state index in [-0.39, 0.29) is 5.91 Å². The monoisotopic (exact) mass is 457 g/mol. The zero-order valence-electron chi connectivity index (χ0n) is 19.3. The van der Waals surface area contributed by atoms with Crippen molar-refractivity contribution in [2.45, 2.75) is 32.3 Å². The van der Waals surface area contributed by atoms with Crippen LogP contribution in [0, 0.1) is 11.8 Å². The summed E-state index contributed by atoms with van der Waals surface area (Å²) >= 11 is 0. The standard InChI is InChI=1S/C26H27N5O3/c1-3-22-20(9-6-17-7-11-24(27)28-14-17)25(30-16-29-22)18-8-10-21(23(13-18)34-2)26(33)31-12-4-5-19(32)15-31/h7-8,10-11,13-14,16,19,32H,3-5,12,15H2,1-2H3,(H2,27,28). The average Bonchev–Trinajstić information content (AvgIpc) is 2.87. The molecule has 1 fully saturated rings. The highest BCUT2D eigenvalue weighted by Crippen LogP contribution is 2.30. The van der Waals surface area contributed by atoms with Gasteiger partial charge in [0.05, 0.1) is 35.7 Å². The lowest BCUT2D eigenvalue weighted by Crippen LogP contribution is -2.42. The summed E-state index contributed by atoms with van der Waals surface area (Å²) in [6.45, 7) is 2.96. The number of hydrogen-bond donors (Lipinski definition) is 2. The molecular weight excluding hydrogens is 430 g/mol. The van der Waals surface area contributed by atoms with Gasteiger partial charge in [-0.15, -0.1) is 0 Å². The van der Waals surface area contributed by atoms with E-state index in [1.165, 1.54) is 13.4 Å². The average molecular weight is 458 g/mol. The van der Waals surface area contributed by atoms with Gasteiger partial charge in [-0.05, 0) is 43.5 Å². The molecule has 3 aromatic rings. The Hall–Kier alpha value is -3.96. The van der Waals surface area contributed by atoms with Crippen LogP contribution in [0.3, 0.4) is 0 Å². The minimum Gasteiger partial charge on any atom is -0.496 e. The number of pyridine rings is 1. The lowest BCUT2D eigenvalue weighted by molar-refractivity contribution is 0.0471. The molecule has 0 bridgehead atoms. The Labute approximate surface area is 198 Å². The number of benzene rings is 1. The number of ether oxygens (including phenoxy) is 1. The molecule has 1 aliphatic heterocycles. The molecule has 3 heterocycles. The Morgan fingerprint density at radius 3 is 2.79 bits per heavy atom. The van der Waals surface area contributed by atoms with E-state index in [1.807, 2.05) is 19.1 Å². The first-order valence-electron chi connectivity index (χ1n) is 11.2. The van der Waals surface area contributed by atoms with Gasteiger partial charge in [-0.25, -0.2) is 15.0 Å². The van der Waals surface area contributed by atoms with Crippen LogP contribution in [0.4, 0.5) is 5.82 Å². The predicted molar refractivity (Wildman–Crippen MR) is 129 cm³/mol. The number of aliphatic hydroxyl groups excluding tert-OH is 1. The summed E-state index contributed by atoms with van der Waals surface area (Å²) in [7, 11) is 1.53. The molecule has 1 amide bonds. The van der Waals surface area contributed by atoms with Crippen molar-refractivity contribution >= 4 is 11.7 Å². The van der Waals surface area contributed by atoms with Crippen molar-refractivity contribution in [3.05, 3.63) is 65.2 Å². The van der Waals surface area contributed by atoms with Crippen LogP contribution in [0.25, 0.3) is 11.3 Å². The normalized spacial score (nSPS) is 15.4. The summed E-state index contributed by atoms with van der Waals surface area (Å²) < 4.78 is 5.57. The van der Waals surface area contributed by atoms with Gasteiger partial charge in [-0.3, -0.25) is 4.79 Å². The zero-order valence-corrected chi connectivity index (χ0v) is 19.3. The first kappa shape index (κ1) is 23.2. The number of rotatable bonds is 4. The number of piperidine rings is 1. The van der Waals surface area contributed by atoms with Crippen LogP contribution in [0.15, 0.2) is 42.9 Å². The predicted octanol–water partition coefficient (Wildman–Crippen LogP) is 2.69. The summed E-state index contributed by atoms with van der Waals surface area (Å²) in [6.07, 6.45) is 4.82. The molecule has 34 heavy (non-hydrogen) atoms. The van der Waals surface area contributed by atoms with Gasteiger partial charge in [-0.1, -0.05) is 24.8 Å². The largest absolute Gasteiger partial charge is 0.496 e. The fraction of sp³-hybridized carbons (Fsp3) is 0.308. The van der Waals surface area contributed by atoms with Gasteiger partial charge < -0.3 is 20.5 Å². The first-order chi connectivity index (χ1) is 16.5. The van der Waals surface area contributed by atoms with Crippen molar-refractivity contribution in [3.63, 3.8) is 0 Å². The third-order valence-electron chi connectivity index (χ3n) is 5.77. The van der Waals surface area contributed by atoms with Crippen molar-refractivity contribution in [1.29, 1.82) is 0 Å². The van der Waals surface area contributed by atoms with E-state index >= 15 is 0 Å². The molecule has 0 saturated carbocycles. The fourth-order valence-electron chi connectivity index (χ4n) is 3.98. The molecule has 3 N–H and O–H groups in total. The number of carbonyl (C=O) groups excluding carboxylic acids is 1. The van der Waals surface area contributed by atoms with Gasteiger partial charge in [0.2, 0.25) is 0 Å². The molecule has 2 aromatic heterocycles. The molecule has 0 radical (unpaired) electrons. The number of aromatic nitrogens is 3. The Morgan fingerprint density at radius 1 is 1.24 bits per heavy atom. The minimum absolute atomic E-state index is 0.157. The van der Waals surface area contributed by atoms with Crippen molar-refractivity contribution in [2.24, 2.45) is 0 Å². The lowest BCUT2D eigenvalue weighted by atomic mass is 10.00. The van der Waals surface area contributed by atoms with Crippen molar-refractivity contribution in [3.8, 4) is 28.8 Å². The van der Waals surface area contributed by atoms with Crippen LogP contribution in [-0.2, 0) is 6.42 Å². The van der Waals surface area contributed by atoms with Gasteiger partial charge in [-0.2, -0.15) is 0 Å². The maximum absolute atomic E-state index is 13.1. The van der Waals surface area contributed by atoms with Crippen molar-refractivity contribution < 1.29 is 14.6 Å². The molecule has 1 unspecified atom stereocenters. The van der Waals surface area contributed by atoms with E-state index < -0.39 is 6.10 Å². The Bertz CT molecular complexity index is 1250. The lowest BCUT2D eigenvalue weighted by Gasteiger charge is -2.30. The highest BCUT2D eigenvalue weighted by molar-refractivity contribution is 5.97. The smallest absolute Gasteiger partial charge is 0.257 e. The molecule has 1 saturated heterocycles. The van der Waals surface area contributed by atoms with Crippen LogP contribution < -0.4 is 10.5 Å². The van der Waals surface area contributed by atoms with E-state index in [0.717, 1.165) is 23.2 Å². The number of carbonyl (C=O) groups is 1. The quantitative estimate of drug-likeness (QED) is 0.579. The number of likely N-dealkylation sites (tertiary alicyclic amines) is 1. The molecule has 8 nitrogen and oxygen atoms in total. The third-order valence-corrected chi connectivity index (χ3v) is 5.77. The molecule has 1 aliphatic rings. The topological polar surface area (TPSA) is 114 Å². The summed E-state index contributed by atoms with van der Waals surface area (Å²) in [6, 6.07) is 8.89. The number of β-amino-alcohol motifs (C(OH)–C–C–N with tert-alkyl or cyclic N) is 1. The maximum Gasteiger partial charge on any atom is 0.257 e. The number of amides is 1. The maximum atomic E-state index is 13.1. The summed E-state index contributed by atoms with van der Waals surface area (Å²) in [5.41, 5.74) is 9.80. The number of methoxy groups -OCH3 is 1. The first-order valence-corrected chi connectivity index (χ1v) is 11.2. The van der Waals surface area contributed by atoms with Crippen molar-refractivity contribution in [2.75, 3.05) is 25.9 Å². The number of nitrogens with two attached hydrogens (primary N) is 1. The highest BCUT2D eigenvalue weighted by Gasteiger charge is 2.25. The number of anilines is 1. The third kappa shape index (κ3) is 5.00. The number of nitrogens with zero attached hydrogens (tertiary/aromatic N) is 4. The second-order valence-electron chi connectivity index (χ2n) is 8.08. The molecule has 0 spiro atoms. The highest BCUT2D eigenvalue weighted by atomic mass is 16.5. The van der Waals surface area contributed by atoms with Crippen molar-refractivity contribution in [1.82, 2.24) is 19.9 Å². The summed E-state index contributed by atoms with van der Waals surface area (Å²) in [4.78, 5) is 27.7. The van der Waals surface area contributed by atoms with Gasteiger partial charge in [0, 0.05) is 30.4 Å².